The van der Waals surface area contributed by atoms with Crippen LogP contribution in [0.3, 0.4) is 0 Å². The van der Waals surface area contributed by atoms with Crippen LogP contribution in [0.4, 0.5) is 14.5 Å². The van der Waals surface area contributed by atoms with E-state index in [0.717, 1.165) is 40.0 Å². The molecule has 1 N–H and O–H groups in total. The van der Waals surface area contributed by atoms with E-state index < -0.39 is 38.9 Å². The van der Waals surface area contributed by atoms with E-state index in [2.05, 4.69) is 4.85 Å². The molecule has 0 aliphatic rings. The van der Waals surface area contributed by atoms with Gasteiger partial charge in [0.1, 0.15) is 17.1 Å². The number of carboxylic acids is 1. The lowest BCUT2D eigenvalue weighted by atomic mass is 10.1. The highest BCUT2D eigenvalue weighted by atomic mass is 32.2. The second-order valence-corrected chi connectivity index (χ2v) is 8.87. The third kappa shape index (κ3) is 3.79. The average Bonchev–Trinajstić information content (AvgIpc) is 3.19. The summed E-state index contributed by atoms with van der Waals surface area (Å²) in [7, 11) is -4.14. The SMILES string of the molecule is [C-]#[N+]c1cc(Oc2c(F)cc3c(ccn3S(=O)(=O)c3ccc(C)cc3)c2C(=O)O)ccc1F. The molecule has 3 aromatic carbocycles. The Hall–Kier alpha value is -4.23. The van der Waals surface area contributed by atoms with Gasteiger partial charge in [-0.25, -0.2) is 30.8 Å². The standard InChI is InChI=1S/C23H14F2N2O5S/c1-13-3-6-15(7-4-13)33(30,31)27-10-9-16-20(27)12-18(25)22(21(16)23(28)29)32-14-5-8-17(24)19(11-14)26-2/h3-12H,1H3,(H,28,29). The highest BCUT2D eigenvalue weighted by molar-refractivity contribution is 7.90. The molecule has 0 saturated carbocycles. The zero-order valence-electron chi connectivity index (χ0n) is 16.9. The Bertz CT molecular complexity index is 1570. The van der Waals surface area contributed by atoms with E-state index in [1.165, 1.54) is 18.2 Å². The molecule has 4 rings (SSSR count). The van der Waals surface area contributed by atoms with Crippen LogP contribution >= 0.6 is 0 Å². The number of aromatic nitrogens is 1. The Morgan fingerprint density at radius 2 is 1.76 bits per heavy atom. The van der Waals surface area contributed by atoms with Gasteiger partial charge in [0.25, 0.3) is 10.0 Å². The maximum absolute atomic E-state index is 15.1. The van der Waals surface area contributed by atoms with Crippen molar-refractivity contribution < 1.29 is 31.8 Å². The lowest BCUT2D eigenvalue weighted by molar-refractivity contribution is 0.0695. The molecule has 0 spiro atoms. The first-order chi connectivity index (χ1) is 15.6. The summed E-state index contributed by atoms with van der Waals surface area (Å²) in [5.41, 5.74) is -0.356. The summed E-state index contributed by atoms with van der Waals surface area (Å²) in [6.07, 6.45) is 1.13. The van der Waals surface area contributed by atoms with Gasteiger partial charge in [0.15, 0.2) is 11.6 Å². The van der Waals surface area contributed by atoms with Crippen LogP contribution < -0.4 is 4.74 Å². The quantitative estimate of drug-likeness (QED) is 0.390. The van der Waals surface area contributed by atoms with Gasteiger partial charge in [-0.05, 0) is 43.3 Å². The Kier molecular flexibility index (Phi) is 5.35. The Morgan fingerprint density at radius 1 is 1.06 bits per heavy atom. The second-order valence-electron chi connectivity index (χ2n) is 7.06. The number of carbonyl (C=O) groups is 1. The summed E-state index contributed by atoms with van der Waals surface area (Å²) in [6, 6.07) is 11.1. The van der Waals surface area contributed by atoms with Crippen molar-refractivity contribution in [2.75, 3.05) is 0 Å². The molecule has 0 saturated heterocycles. The molecule has 33 heavy (non-hydrogen) atoms. The summed E-state index contributed by atoms with van der Waals surface area (Å²) in [6.45, 7) is 8.76. The van der Waals surface area contributed by atoms with Crippen molar-refractivity contribution >= 4 is 32.6 Å². The number of aromatic carboxylic acids is 1. The fourth-order valence-electron chi connectivity index (χ4n) is 3.31. The molecule has 0 bridgehead atoms. The van der Waals surface area contributed by atoms with Crippen molar-refractivity contribution in [3.63, 3.8) is 0 Å². The van der Waals surface area contributed by atoms with Crippen molar-refractivity contribution in [1.29, 1.82) is 0 Å². The van der Waals surface area contributed by atoms with Gasteiger partial charge in [0.2, 0.25) is 5.69 Å². The second kappa shape index (κ2) is 8.03. The summed E-state index contributed by atoms with van der Waals surface area (Å²) in [5, 5.41) is 9.68. The number of nitrogens with zero attached hydrogens (tertiary/aromatic N) is 2. The number of aryl methyl sites for hydroxylation is 1. The highest BCUT2D eigenvalue weighted by Gasteiger charge is 2.27. The molecule has 10 heteroatoms. The zero-order chi connectivity index (χ0) is 23.9. The number of hydrogen-bond acceptors (Lipinski definition) is 4. The Morgan fingerprint density at radius 3 is 2.39 bits per heavy atom. The Labute approximate surface area is 187 Å². The summed E-state index contributed by atoms with van der Waals surface area (Å²) in [4.78, 5) is 14.9. The van der Waals surface area contributed by atoms with E-state index in [9.17, 15) is 22.7 Å². The number of benzene rings is 3. The minimum absolute atomic E-state index is 0.0544. The normalized spacial score (nSPS) is 11.3. The first-order valence-electron chi connectivity index (χ1n) is 9.37. The number of ether oxygens (including phenoxy) is 1. The van der Waals surface area contributed by atoms with Crippen LogP contribution in [0.5, 0.6) is 11.5 Å². The molecular weight excluding hydrogens is 454 g/mol. The molecule has 1 heterocycles. The third-order valence-corrected chi connectivity index (χ3v) is 6.62. The van der Waals surface area contributed by atoms with Gasteiger partial charge in [0, 0.05) is 17.6 Å². The van der Waals surface area contributed by atoms with Gasteiger partial charge in [-0.1, -0.05) is 17.7 Å². The zero-order valence-corrected chi connectivity index (χ0v) is 17.7. The lowest BCUT2D eigenvalue weighted by Gasteiger charge is -2.13. The number of fused-ring (bicyclic) bond motifs is 1. The molecule has 0 radical (unpaired) electrons. The number of rotatable bonds is 5. The van der Waals surface area contributed by atoms with Gasteiger partial charge in [0.05, 0.1) is 17.0 Å². The van der Waals surface area contributed by atoms with E-state index in [1.807, 2.05) is 0 Å². The molecule has 166 valence electrons. The van der Waals surface area contributed by atoms with E-state index in [0.29, 0.717) is 0 Å². The van der Waals surface area contributed by atoms with E-state index in [-0.39, 0.29) is 27.2 Å². The van der Waals surface area contributed by atoms with Gasteiger partial charge in [-0.3, -0.25) is 0 Å². The molecule has 0 aliphatic heterocycles. The van der Waals surface area contributed by atoms with Crippen molar-refractivity contribution in [3.05, 3.63) is 95.0 Å². The van der Waals surface area contributed by atoms with E-state index in [1.54, 1.807) is 19.1 Å². The van der Waals surface area contributed by atoms with Crippen molar-refractivity contribution in [2.24, 2.45) is 0 Å². The van der Waals surface area contributed by atoms with Gasteiger partial charge in [-0.2, -0.15) is 0 Å². The molecular formula is C23H14F2N2O5S. The summed E-state index contributed by atoms with van der Waals surface area (Å²) in [5.74, 6) is -4.37. The smallest absolute Gasteiger partial charge is 0.340 e. The number of carboxylic acid groups (broad SMARTS) is 1. The lowest BCUT2D eigenvalue weighted by Crippen LogP contribution is -2.12. The van der Waals surface area contributed by atoms with Gasteiger partial charge >= 0.3 is 5.97 Å². The Balaban J connectivity index is 1.90. The van der Waals surface area contributed by atoms with Gasteiger partial charge in [-0.15, -0.1) is 0 Å². The van der Waals surface area contributed by atoms with Crippen LogP contribution in [0.2, 0.25) is 0 Å². The van der Waals surface area contributed by atoms with Crippen LogP contribution in [-0.2, 0) is 10.0 Å². The van der Waals surface area contributed by atoms with Crippen LogP contribution in [0.25, 0.3) is 15.7 Å². The first kappa shape index (κ1) is 22.0. The molecule has 0 fully saturated rings. The summed E-state index contributed by atoms with van der Waals surface area (Å²) < 4.78 is 61.0. The topological polar surface area (TPSA) is 90.0 Å². The fourth-order valence-corrected chi connectivity index (χ4v) is 4.65. The fraction of sp³-hybridized carbons (Fsp3) is 0.0435. The molecule has 0 amide bonds. The highest BCUT2D eigenvalue weighted by Crippen LogP contribution is 2.37. The molecule has 0 unspecified atom stereocenters. The van der Waals surface area contributed by atoms with Crippen LogP contribution in [0.1, 0.15) is 15.9 Å². The van der Waals surface area contributed by atoms with E-state index in [4.69, 9.17) is 11.3 Å². The number of hydrogen-bond donors (Lipinski definition) is 1. The van der Waals surface area contributed by atoms with Crippen LogP contribution in [-0.4, -0.2) is 23.5 Å². The maximum Gasteiger partial charge on any atom is 0.340 e. The molecule has 0 aliphatic carbocycles. The van der Waals surface area contributed by atoms with Crippen molar-refractivity contribution in [3.8, 4) is 11.5 Å². The molecule has 1 aromatic heterocycles. The van der Waals surface area contributed by atoms with Crippen LogP contribution in [0.15, 0.2) is 65.7 Å². The largest absolute Gasteiger partial charge is 0.478 e. The average molecular weight is 468 g/mol. The maximum atomic E-state index is 15.1. The van der Waals surface area contributed by atoms with E-state index >= 15 is 4.39 Å². The van der Waals surface area contributed by atoms with Crippen molar-refractivity contribution in [2.45, 2.75) is 11.8 Å². The minimum atomic E-state index is -4.14. The van der Waals surface area contributed by atoms with Crippen LogP contribution in [0, 0.1) is 25.1 Å². The number of halogens is 2. The summed E-state index contributed by atoms with van der Waals surface area (Å²) >= 11 is 0. The van der Waals surface area contributed by atoms with Crippen molar-refractivity contribution in [1.82, 2.24) is 3.97 Å². The third-order valence-electron chi connectivity index (χ3n) is 4.92. The monoisotopic (exact) mass is 468 g/mol. The predicted octanol–water partition coefficient (Wildman–Crippen LogP) is 5.51. The molecule has 7 nitrogen and oxygen atoms in total. The van der Waals surface area contributed by atoms with Gasteiger partial charge < -0.3 is 9.84 Å². The predicted molar refractivity (Wildman–Crippen MR) is 115 cm³/mol. The minimum Gasteiger partial charge on any atom is -0.478 e. The molecule has 0 atom stereocenters. The first-order valence-corrected chi connectivity index (χ1v) is 10.8. The molecule has 4 aromatic rings.